The fourth-order valence-corrected chi connectivity index (χ4v) is 11.4. The maximum absolute atomic E-state index is 6.81. The molecule has 12 rings (SSSR count). The van der Waals surface area contributed by atoms with Gasteiger partial charge in [0.2, 0.25) is 5.28 Å². The molecule has 0 aliphatic heterocycles. The number of fused-ring (bicyclic) bond motifs is 13. The van der Waals surface area contributed by atoms with Crippen molar-refractivity contribution in [2.75, 3.05) is 0 Å². The molecule has 0 aliphatic rings. The van der Waals surface area contributed by atoms with Crippen LogP contribution in [0.15, 0.2) is 170 Å². The summed E-state index contributed by atoms with van der Waals surface area (Å²) in [6.07, 6.45) is 0. The van der Waals surface area contributed by atoms with Crippen LogP contribution in [-0.2, 0) is 0 Å². The number of para-hydroxylation sites is 1. The molecular formula is C50H28ClN3S2. The lowest BCUT2D eigenvalue weighted by Gasteiger charge is -2.12. The maximum atomic E-state index is 6.81. The van der Waals surface area contributed by atoms with Gasteiger partial charge in [0.15, 0.2) is 0 Å². The molecule has 0 amide bonds. The highest BCUT2D eigenvalue weighted by molar-refractivity contribution is 7.27. The molecular weight excluding hydrogens is 742 g/mol. The third-order valence-corrected chi connectivity index (χ3v) is 13.7. The van der Waals surface area contributed by atoms with E-state index in [2.05, 4.69) is 174 Å². The van der Waals surface area contributed by atoms with Gasteiger partial charge >= 0.3 is 0 Å². The molecule has 262 valence electrons. The summed E-state index contributed by atoms with van der Waals surface area (Å²) < 4.78 is 7.27. The van der Waals surface area contributed by atoms with Gasteiger partial charge in [-0.25, -0.2) is 9.97 Å². The lowest BCUT2D eigenvalue weighted by atomic mass is 9.96. The SMILES string of the molecule is Clc1nc(-c2ccc(-n3c4ccccc4c4c5ccccc5c5sc6ccccc6c5c43)cc2)c2sc3c(-c4ccccc4)cc(-c4ccccc4)cc3c2n1. The summed E-state index contributed by atoms with van der Waals surface area (Å²) in [7, 11) is 0. The molecule has 0 saturated heterocycles. The predicted octanol–water partition coefficient (Wildman–Crippen LogP) is 15.1. The summed E-state index contributed by atoms with van der Waals surface area (Å²) in [4.78, 5) is 9.78. The van der Waals surface area contributed by atoms with Gasteiger partial charge in [0.1, 0.15) is 0 Å². The van der Waals surface area contributed by atoms with Crippen LogP contribution in [-0.4, -0.2) is 14.5 Å². The number of thiophene rings is 2. The molecule has 0 atom stereocenters. The van der Waals surface area contributed by atoms with Crippen LogP contribution in [0.5, 0.6) is 0 Å². The molecule has 3 nitrogen and oxygen atoms in total. The van der Waals surface area contributed by atoms with Gasteiger partial charge in [-0.05, 0) is 70.1 Å². The Morgan fingerprint density at radius 3 is 1.89 bits per heavy atom. The van der Waals surface area contributed by atoms with Crippen LogP contribution in [0.2, 0.25) is 5.28 Å². The minimum atomic E-state index is 0.239. The number of hydrogen-bond donors (Lipinski definition) is 0. The van der Waals surface area contributed by atoms with E-state index in [-0.39, 0.29) is 5.28 Å². The minimum absolute atomic E-state index is 0.239. The van der Waals surface area contributed by atoms with E-state index in [0.29, 0.717) is 0 Å². The molecule has 6 heteroatoms. The van der Waals surface area contributed by atoms with Crippen molar-refractivity contribution < 1.29 is 0 Å². The Morgan fingerprint density at radius 1 is 0.446 bits per heavy atom. The largest absolute Gasteiger partial charge is 0.309 e. The molecule has 0 fully saturated rings. The number of nitrogens with zero attached hydrogens (tertiary/aromatic N) is 3. The van der Waals surface area contributed by atoms with Crippen LogP contribution in [0, 0.1) is 0 Å². The maximum Gasteiger partial charge on any atom is 0.223 e. The molecule has 56 heavy (non-hydrogen) atoms. The fourth-order valence-electron chi connectivity index (χ4n) is 8.70. The summed E-state index contributed by atoms with van der Waals surface area (Å²) in [5.74, 6) is 0. The molecule has 0 N–H and O–H groups in total. The smallest absolute Gasteiger partial charge is 0.223 e. The molecule has 8 aromatic carbocycles. The van der Waals surface area contributed by atoms with Crippen molar-refractivity contribution in [3.63, 3.8) is 0 Å². The van der Waals surface area contributed by atoms with Crippen LogP contribution < -0.4 is 0 Å². The first-order valence-corrected chi connectivity index (χ1v) is 20.6. The predicted molar refractivity (Wildman–Crippen MR) is 241 cm³/mol. The van der Waals surface area contributed by atoms with E-state index in [1.807, 2.05) is 11.3 Å². The zero-order valence-electron chi connectivity index (χ0n) is 29.7. The monoisotopic (exact) mass is 769 g/mol. The molecule has 0 radical (unpaired) electrons. The van der Waals surface area contributed by atoms with Crippen molar-refractivity contribution in [2.45, 2.75) is 0 Å². The Hall–Kier alpha value is -6.37. The summed E-state index contributed by atoms with van der Waals surface area (Å²) >= 11 is 10.4. The summed E-state index contributed by atoms with van der Waals surface area (Å²) in [6, 6.07) is 61.1. The minimum Gasteiger partial charge on any atom is -0.309 e. The van der Waals surface area contributed by atoms with Gasteiger partial charge in [0.25, 0.3) is 0 Å². The van der Waals surface area contributed by atoms with Gasteiger partial charge in [-0.15, -0.1) is 22.7 Å². The van der Waals surface area contributed by atoms with Gasteiger partial charge in [-0.2, -0.15) is 0 Å². The lowest BCUT2D eigenvalue weighted by Crippen LogP contribution is -1.95. The molecule has 0 saturated carbocycles. The molecule has 0 unspecified atom stereocenters. The summed E-state index contributed by atoms with van der Waals surface area (Å²) in [6.45, 7) is 0. The van der Waals surface area contributed by atoms with Gasteiger partial charge < -0.3 is 4.57 Å². The van der Waals surface area contributed by atoms with E-state index in [4.69, 9.17) is 21.6 Å². The summed E-state index contributed by atoms with van der Waals surface area (Å²) in [5.41, 5.74) is 10.9. The molecule has 4 aromatic heterocycles. The second-order valence-electron chi connectivity index (χ2n) is 14.2. The van der Waals surface area contributed by atoms with Gasteiger partial charge in [-0.1, -0.05) is 133 Å². The van der Waals surface area contributed by atoms with Crippen molar-refractivity contribution >= 4 is 107 Å². The van der Waals surface area contributed by atoms with E-state index in [1.165, 1.54) is 68.6 Å². The van der Waals surface area contributed by atoms with E-state index in [0.717, 1.165) is 43.7 Å². The van der Waals surface area contributed by atoms with Gasteiger partial charge in [-0.3, -0.25) is 0 Å². The van der Waals surface area contributed by atoms with Crippen molar-refractivity contribution in [3.8, 4) is 39.2 Å². The van der Waals surface area contributed by atoms with Crippen molar-refractivity contribution in [1.82, 2.24) is 14.5 Å². The average molecular weight is 770 g/mol. The standard InChI is InChI=1S/C50H28ClN3S2/c51-50-52-44(49-45(53-50)39-28-32(29-13-3-1-4-14-29)27-38(47(39)56-49)30-15-5-2-6-16-30)31-23-25-33(26-24-31)54-40-21-11-9-19-36(40)42-34-17-7-8-18-35(34)48-43(46(42)54)37-20-10-12-22-41(37)55-48/h1-28H. The zero-order valence-corrected chi connectivity index (χ0v) is 32.1. The molecule has 0 bridgehead atoms. The first-order chi connectivity index (χ1) is 27.7. The molecule has 0 aliphatic carbocycles. The Balaban J connectivity index is 1.10. The van der Waals surface area contributed by atoms with Crippen LogP contribution in [0.3, 0.4) is 0 Å². The number of hydrogen-bond acceptors (Lipinski definition) is 4. The Bertz CT molecular complexity index is 3530. The number of halogens is 1. The first-order valence-electron chi connectivity index (χ1n) is 18.6. The van der Waals surface area contributed by atoms with Crippen molar-refractivity contribution in [2.24, 2.45) is 0 Å². The van der Waals surface area contributed by atoms with Crippen LogP contribution in [0.4, 0.5) is 0 Å². The Labute approximate surface area is 334 Å². The van der Waals surface area contributed by atoms with E-state index < -0.39 is 0 Å². The van der Waals surface area contributed by atoms with Gasteiger partial charge in [0.05, 0.1) is 26.9 Å². The quantitative estimate of drug-likeness (QED) is 0.167. The summed E-state index contributed by atoms with van der Waals surface area (Å²) in [5, 5.41) is 9.03. The Morgan fingerprint density at radius 2 is 1.11 bits per heavy atom. The Kier molecular flexibility index (Phi) is 7.02. The van der Waals surface area contributed by atoms with Crippen molar-refractivity contribution in [1.29, 1.82) is 0 Å². The lowest BCUT2D eigenvalue weighted by molar-refractivity contribution is 1.18. The third kappa shape index (κ3) is 4.69. The number of aromatic nitrogens is 3. The van der Waals surface area contributed by atoms with E-state index in [1.54, 1.807) is 11.3 Å². The molecule has 0 spiro atoms. The number of rotatable bonds is 4. The molecule has 12 aromatic rings. The highest BCUT2D eigenvalue weighted by atomic mass is 35.5. The first kappa shape index (κ1) is 31.9. The van der Waals surface area contributed by atoms with Crippen LogP contribution >= 0.6 is 34.3 Å². The van der Waals surface area contributed by atoms with Crippen LogP contribution in [0.1, 0.15) is 0 Å². The van der Waals surface area contributed by atoms with E-state index >= 15 is 0 Å². The van der Waals surface area contributed by atoms with Crippen LogP contribution in [0.25, 0.3) is 112 Å². The van der Waals surface area contributed by atoms with E-state index in [9.17, 15) is 0 Å². The second kappa shape index (κ2) is 12.3. The second-order valence-corrected chi connectivity index (χ2v) is 16.6. The highest BCUT2D eigenvalue weighted by Gasteiger charge is 2.23. The number of benzene rings is 8. The van der Waals surface area contributed by atoms with Gasteiger partial charge in [0, 0.05) is 63.2 Å². The molecule has 4 heterocycles. The topological polar surface area (TPSA) is 30.7 Å². The zero-order chi connectivity index (χ0) is 36.9. The normalized spacial score (nSPS) is 12.0. The highest BCUT2D eigenvalue weighted by Crippen LogP contribution is 2.49. The fraction of sp³-hybridized carbons (Fsp3) is 0. The average Bonchev–Trinajstić information content (AvgIpc) is 3.94. The van der Waals surface area contributed by atoms with Crippen molar-refractivity contribution in [3.05, 3.63) is 175 Å². The third-order valence-electron chi connectivity index (χ3n) is 11.1.